The Hall–Kier alpha value is -6.71. The molecule has 51 heavy (non-hydrogen) atoms. The van der Waals surface area contributed by atoms with Gasteiger partial charge in [0.2, 0.25) is 0 Å². The van der Waals surface area contributed by atoms with Crippen molar-refractivity contribution < 1.29 is 0 Å². The zero-order valence-corrected chi connectivity index (χ0v) is 27.7. The molecule has 9 aromatic rings. The minimum atomic E-state index is -0.0730. The number of aromatic nitrogens is 1. The first-order valence-corrected chi connectivity index (χ1v) is 17.6. The highest BCUT2D eigenvalue weighted by Crippen LogP contribution is 2.40. The van der Waals surface area contributed by atoms with E-state index in [0.29, 0.717) is 0 Å². The number of hydrogen-bond acceptors (Lipinski definition) is 2. The highest BCUT2D eigenvalue weighted by Gasteiger charge is 2.28. The second-order valence-electron chi connectivity index (χ2n) is 13.6. The molecule has 1 unspecified atom stereocenters. The van der Waals surface area contributed by atoms with Crippen LogP contribution in [0.3, 0.4) is 0 Å². The van der Waals surface area contributed by atoms with Crippen molar-refractivity contribution in [3.63, 3.8) is 0 Å². The highest BCUT2D eigenvalue weighted by atomic mass is 15.0. The second kappa shape index (κ2) is 10.9. The SMILES string of the molecule is C1=CC2NC(c3cccc4ccccc34)=C(c3cccc4ccccc34)N=C2C=C1n1c2cc3ccccc3cc2c2cc3ccccc3cc21. The molecule has 0 saturated carbocycles. The van der Waals surface area contributed by atoms with E-state index in [1.807, 2.05) is 0 Å². The molecule has 0 spiro atoms. The number of rotatable bonds is 3. The van der Waals surface area contributed by atoms with E-state index in [-0.39, 0.29) is 6.04 Å². The standard InChI is InChI=1S/C48H31N3/c1-3-15-34-27-45-41(25-32(34)13-1)42-26-33-14-2-4-16-35(33)28-46(42)51(45)36-23-24-43-44(29-36)50-48(40-22-10-18-31-12-6-8-20-38(31)40)47(49-43)39-21-9-17-30-11-5-7-19-37(30)39/h1-29,43,49H. The second-order valence-corrected chi connectivity index (χ2v) is 13.6. The van der Waals surface area contributed by atoms with Gasteiger partial charge in [-0.15, -0.1) is 0 Å². The summed E-state index contributed by atoms with van der Waals surface area (Å²) in [6.45, 7) is 0. The molecular formula is C48H31N3. The molecule has 3 heteroatoms. The Labute approximate surface area is 294 Å². The lowest BCUT2D eigenvalue weighted by molar-refractivity contribution is 0.882. The molecule has 0 fully saturated rings. The van der Waals surface area contributed by atoms with Crippen LogP contribution in [-0.2, 0) is 0 Å². The molecule has 1 aromatic heterocycles. The topological polar surface area (TPSA) is 29.3 Å². The molecule has 3 nitrogen and oxygen atoms in total. The van der Waals surface area contributed by atoms with Crippen molar-refractivity contribution in [1.82, 2.24) is 9.88 Å². The summed E-state index contributed by atoms with van der Waals surface area (Å²) < 4.78 is 2.43. The van der Waals surface area contributed by atoms with Crippen LogP contribution in [0, 0.1) is 0 Å². The third-order valence-corrected chi connectivity index (χ3v) is 10.7. The van der Waals surface area contributed by atoms with E-state index in [1.54, 1.807) is 0 Å². The number of allylic oxidation sites excluding steroid dienone is 2. The minimum absolute atomic E-state index is 0.0730. The van der Waals surface area contributed by atoms with Crippen molar-refractivity contribution in [1.29, 1.82) is 0 Å². The van der Waals surface area contributed by atoms with Gasteiger partial charge in [0.25, 0.3) is 0 Å². The Kier molecular flexibility index (Phi) is 6.02. The molecule has 1 aliphatic carbocycles. The maximum absolute atomic E-state index is 5.60. The van der Waals surface area contributed by atoms with E-state index >= 15 is 0 Å². The fraction of sp³-hybridized carbons (Fsp3) is 0.0208. The molecule has 0 radical (unpaired) electrons. The molecule has 11 rings (SSSR count). The third-order valence-electron chi connectivity index (χ3n) is 10.7. The molecular weight excluding hydrogens is 619 g/mol. The van der Waals surface area contributed by atoms with Crippen molar-refractivity contribution in [2.75, 3.05) is 0 Å². The Morgan fingerprint density at radius 3 is 1.57 bits per heavy atom. The normalized spacial score (nSPS) is 15.9. The van der Waals surface area contributed by atoms with E-state index in [2.05, 4.69) is 186 Å². The van der Waals surface area contributed by atoms with Crippen LogP contribution in [-0.4, -0.2) is 16.3 Å². The van der Waals surface area contributed by atoms with Gasteiger partial charge >= 0.3 is 0 Å². The molecule has 1 atom stereocenters. The highest BCUT2D eigenvalue weighted by molar-refractivity contribution is 6.20. The van der Waals surface area contributed by atoms with Gasteiger partial charge in [-0.2, -0.15) is 0 Å². The number of hydrogen-bond donors (Lipinski definition) is 1. The molecule has 2 aliphatic rings. The summed E-state index contributed by atoms with van der Waals surface area (Å²) in [5.74, 6) is 0. The Balaban J connectivity index is 1.18. The number of aliphatic imine (C=N–C) groups is 1. The van der Waals surface area contributed by atoms with Crippen molar-refractivity contribution in [2.45, 2.75) is 6.04 Å². The lowest BCUT2D eigenvalue weighted by Crippen LogP contribution is -2.38. The summed E-state index contributed by atoms with van der Waals surface area (Å²) in [5, 5.41) is 16.2. The number of nitrogens with zero attached hydrogens (tertiary/aromatic N) is 2. The van der Waals surface area contributed by atoms with E-state index in [1.165, 1.54) is 64.9 Å². The Bertz CT molecular complexity index is 2960. The molecule has 2 heterocycles. The maximum Gasteiger partial charge on any atom is 0.0950 e. The minimum Gasteiger partial charge on any atom is -0.371 e. The van der Waals surface area contributed by atoms with Gasteiger partial charge in [0, 0.05) is 27.6 Å². The predicted molar refractivity (Wildman–Crippen MR) is 217 cm³/mol. The van der Waals surface area contributed by atoms with Crippen LogP contribution in [0.25, 0.3) is 82.0 Å². The van der Waals surface area contributed by atoms with Crippen molar-refractivity contribution in [3.05, 3.63) is 187 Å². The Morgan fingerprint density at radius 1 is 0.471 bits per heavy atom. The van der Waals surface area contributed by atoms with Gasteiger partial charge in [-0.05, 0) is 79.5 Å². The summed E-state index contributed by atoms with van der Waals surface area (Å²) in [6, 6.07) is 57.0. The summed E-state index contributed by atoms with van der Waals surface area (Å²) in [4.78, 5) is 5.60. The molecule has 238 valence electrons. The lowest BCUT2D eigenvalue weighted by Gasteiger charge is -2.30. The van der Waals surface area contributed by atoms with Gasteiger partial charge in [-0.3, -0.25) is 0 Å². The van der Waals surface area contributed by atoms with Crippen LogP contribution >= 0.6 is 0 Å². The van der Waals surface area contributed by atoms with Gasteiger partial charge in [-0.25, -0.2) is 4.99 Å². The molecule has 8 aromatic carbocycles. The van der Waals surface area contributed by atoms with Crippen molar-refractivity contribution in [2.24, 2.45) is 4.99 Å². The smallest absolute Gasteiger partial charge is 0.0950 e. The van der Waals surface area contributed by atoms with E-state index < -0.39 is 0 Å². The zero-order valence-electron chi connectivity index (χ0n) is 27.7. The summed E-state index contributed by atoms with van der Waals surface area (Å²) in [7, 11) is 0. The van der Waals surface area contributed by atoms with Crippen LogP contribution in [0.15, 0.2) is 181 Å². The van der Waals surface area contributed by atoms with Crippen molar-refractivity contribution in [3.8, 4) is 0 Å². The van der Waals surface area contributed by atoms with E-state index in [4.69, 9.17) is 4.99 Å². The zero-order chi connectivity index (χ0) is 33.5. The van der Waals surface area contributed by atoms with Crippen LogP contribution in [0.1, 0.15) is 11.1 Å². The quantitative estimate of drug-likeness (QED) is 0.203. The lowest BCUT2D eigenvalue weighted by atomic mass is 9.93. The fourth-order valence-corrected chi connectivity index (χ4v) is 8.30. The fourth-order valence-electron chi connectivity index (χ4n) is 8.30. The largest absolute Gasteiger partial charge is 0.371 e. The van der Waals surface area contributed by atoms with Gasteiger partial charge in [-0.1, -0.05) is 140 Å². The maximum atomic E-state index is 5.60. The van der Waals surface area contributed by atoms with Gasteiger partial charge in [0.15, 0.2) is 0 Å². The third kappa shape index (κ3) is 4.35. The average Bonchev–Trinajstić information content (AvgIpc) is 3.49. The van der Waals surface area contributed by atoms with Gasteiger partial charge in [0.05, 0.1) is 34.2 Å². The van der Waals surface area contributed by atoms with Crippen LogP contribution < -0.4 is 5.32 Å². The monoisotopic (exact) mass is 649 g/mol. The Morgan fingerprint density at radius 2 is 0.961 bits per heavy atom. The molecule has 0 bridgehead atoms. The first-order chi connectivity index (χ1) is 25.3. The summed E-state index contributed by atoms with van der Waals surface area (Å²) in [6.07, 6.45) is 6.83. The van der Waals surface area contributed by atoms with E-state index in [0.717, 1.165) is 33.9 Å². The van der Waals surface area contributed by atoms with Crippen LogP contribution in [0.4, 0.5) is 0 Å². The molecule has 0 saturated heterocycles. The van der Waals surface area contributed by atoms with Gasteiger partial charge < -0.3 is 9.88 Å². The first-order valence-electron chi connectivity index (χ1n) is 17.6. The van der Waals surface area contributed by atoms with Crippen molar-refractivity contribution >= 4 is 87.7 Å². The number of benzene rings is 8. The number of nitrogens with one attached hydrogen (secondary N) is 1. The number of fused-ring (bicyclic) bond motifs is 8. The summed E-state index contributed by atoms with van der Waals surface area (Å²) >= 11 is 0. The van der Waals surface area contributed by atoms with Crippen LogP contribution in [0.2, 0.25) is 0 Å². The molecule has 1 N–H and O–H groups in total. The molecule has 1 aliphatic heterocycles. The van der Waals surface area contributed by atoms with Crippen LogP contribution in [0.5, 0.6) is 0 Å². The first kappa shape index (κ1) is 28.2. The van der Waals surface area contributed by atoms with E-state index in [9.17, 15) is 0 Å². The van der Waals surface area contributed by atoms with Gasteiger partial charge in [0.1, 0.15) is 0 Å². The average molecular weight is 650 g/mol. The predicted octanol–water partition coefficient (Wildman–Crippen LogP) is 11.8. The summed E-state index contributed by atoms with van der Waals surface area (Å²) in [5.41, 5.74) is 8.77. The molecule has 0 amide bonds.